The van der Waals surface area contributed by atoms with Crippen LogP contribution in [-0.2, 0) is 4.74 Å². The summed E-state index contributed by atoms with van der Waals surface area (Å²) in [5.74, 6) is 0.634. The zero-order valence-electron chi connectivity index (χ0n) is 18.6. The van der Waals surface area contributed by atoms with Gasteiger partial charge < -0.3 is 29.7 Å². The van der Waals surface area contributed by atoms with Gasteiger partial charge in [-0.25, -0.2) is 4.79 Å². The summed E-state index contributed by atoms with van der Waals surface area (Å²) in [5, 5.41) is 6.95. The van der Waals surface area contributed by atoms with Gasteiger partial charge in [-0.1, -0.05) is 0 Å². The molecule has 0 bridgehead atoms. The van der Waals surface area contributed by atoms with Crippen LogP contribution in [0.5, 0.6) is 11.5 Å². The Morgan fingerprint density at radius 3 is 2.39 bits per heavy atom. The molecule has 31 heavy (non-hydrogen) atoms. The van der Waals surface area contributed by atoms with E-state index < -0.39 is 5.97 Å². The molecule has 0 spiro atoms. The Balaban J connectivity index is 2.30. The van der Waals surface area contributed by atoms with Crippen molar-refractivity contribution in [3.63, 3.8) is 0 Å². The highest BCUT2D eigenvalue weighted by molar-refractivity contribution is 7.80. The number of nitrogens with one attached hydrogen (secondary N) is 2. The van der Waals surface area contributed by atoms with Gasteiger partial charge in [0.25, 0.3) is 5.91 Å². The van der Waals surface area contributed by atoms with Crippen LogP contribution < -0.4 is 20.1 Å². The molecular weight excluding hydrogens is 438 g/mol. The smallest absolute Gasteiger partial charge is 0.341 e. The second kappa shape index (κ2) is 10.5. The first kappa shape index (κ1) is 24.4. The lowest BCUT2D eigenvalue weighted by atomic mass is 10.1. The van der Waals surface area contributed by atoms with Gasteiger partial charge >= 0.3 is 5.97 Å². The number of carbonyl (C=O) groups is 2. The predicted molar refractivity (Wildman–Crippen MR) is 126 cm³/mol. The highest BCUT2D eigenvalue weighted by Crippen LogP contribution is 2.35. The first-order valence-corrected chi connectivity index (χ1v) is 10.6. The molecule has 0 radical (unpaired) electrons. The number of nitrogens with zero attached hydrogens (tertiary/aromatic N) is 1. The Morgan fingerprint density at radius 1 is 1.16 bits per heavy atom. The van der Waals surface area contributed by atoms with Crippen LogP contribution in [0.15, 0.2) is 18.2 Å². The van der Waals surface area contributed by atoms with Crippen molar-refractivity contribution in [1.82, 2.24) is 10.2 Å². The number of benzene rings is 1. The fourth-order valence-electron chi connectivity index (χ4n) is 2.95. The highest BCUT2D eigenvalue weighted by atomic mass is 32.1. The summed E-state index contributed by atoms with van der Waals surface area (Å²) in [7, 11) is 7.79. The lowest BCUT2D eigenvalue weighted by Gasteiger charge is -2.20. The van der Waals surface area contributed by atoms with Gasteiger partial charge in [-0.2, -0.15) is 0 Å². The number of amides is 1. The molecule has 0 saturated carbocycles. The van der Waals surface area contributed by atoms with E-state index in [1.165, 1.54) is 12.0 Å². The Morgan fingerprint density at radius 2 is 1.84 bits per heavy atom. The van der Waals surface area contributed by atoms with Crippen molar-refractivity contribution in [3.8, 4) is 11.5 Å². The van der Waals surface area contributed by atoms with Gasteiger partial charge in [0.05, 0.1) is 37.8 Å². The van der Waals surface area contributed by atoms with Crippen LogP contribution in [0.3, 0.4) is 0 Å². The molecule has 1 aromatic carbocycles. The van der Waals surface area contributed by atoms with E-state index in [4.69, 9.17) is 26.4 Å². The summed E-state index contributed by atoms with van der Waals surface area (Å²) >= 11 is 6.63. The van der Waals surface area contributed by atoms with Gasteiger partial charge in [0.15, 0.2) is 5.11 Å². The van der Waals surface area contributed by atoms with Crippen molar-refractivity contribution < 1.29 is 23.8 Å². The summed E-state index contributed by atoms with van der Waals surface area (Å²) in [5.41, 5.74) is 1.68. The predicted octanol–water partition coefficient (Wildman–Crippen LogP) is 3.61. The van der Waals surface area contributed by atoms with Gasteiger partial charge in [-0.05, 0) is 49.8 Å². The second-order valence-corrected chi connectivity index (χ2v) is 8.31. The van der Waals surface area contributed by atoms with E-state index in [9.17, 15) is 9.59 Å². The third kappa shape index (κ3) is 5.45. The van der Waals surface area contributed by atoms with E-state index in [-0.39, 0.29) is 22.6 Å². The SMILES string of the molecule is COC(=O)c1c(NC(=S)NC(C)c2cc(OC)ccc2OC)sc(C(=O)N(C)C)c1C. The van der Waals surface area contributed by atoms with Crippen molar-refractivity contribution >= 4 is 45.5 Å². The summed E-state index contributed by atoms with van der Waals surface area (Å²) in [6, 6.07) is 5.27. The molecule has 2 aromatic rings. The maximum Gasteiger partial charge on any atom is 0.341 e. The van der Waals surface area contributed by atoms with Gasteiger partial charge in [0.2, 0.25) is 0 Å². The van der Waals surface area contributed by atoms with E-state index in [1.54, 1.807) is 35.2 Å². The average Bonchev–Trinajstić information content (AvgIpc) is 3.07. The largest absolute Gasteiger partial charge is 0.497 e. The van der Waals surface area contributed by atoms with E-state index in [2.05, 4.69) is 10.6 Å². The van der Waals surface area contributed by atoms with Gasteiger partial charge in [-0.15, -0.1) is 11.3 Å². The number of hydrogen-bond acceptors (Lipinski definition) is 7. The third-order valence-corrected chi connectivity index (χ3v) is 6.03. The lowest BCUT2D eigenvalue weighted by Crippen LogP contribution is -2.31. The lowest BCUT2D eigenvalue weighted by molar-refractivity contribution is 0.0601. The molecule has 0 aliphatic heterocycles. The van der Waals surface area contributed by atoms with Crippen molar-refractivity contribution in [3.05, 3.63) is 39.8 Å². The first-order valence-electron chi connectivity index (χ1n) is 9.37. The normalized spacial score (nSPS) is 11.3. The maximum atomic E-state index is 12.5. The van der Waals surface area contributed by atoms with Crippen LogP contribution in [0.25, 0.3) is 0 Å². The van der Waals surface area contributed by atoms with Crippen LogP contribution in [0.1, 0.15) is 44.1 Å². The minimum absolute atomic E-state index is 0.200. The second-order valence-electron chi connectivity index (χ2n) is 6.88. The number of hydrogen-bond donors (Lipinski definition) is 2. The number of rotatable bonds is 7. The van der Waals surface area contributed by atoms with Crippen LogP contribution in [0.4, 0.5) is 5.00 Å². The monoisotopic (exact) mass is 465 g/mol. The molecule has 0 saturated heterocycles. The minimum Gasteiger partial charge on any atom is -0.497 e. The highest BCUT2D eigenvalue weighted by Gasteiger charge is 2.27. The van der Waals surface area contributed by atoms with Crippen molar-refractivity contribution in [2.45, 2.75) is 19.9 Å². The number of thiocarbonyl (C=S) groups is 1. The molecule has 1 atom stereocenters. The molecular formula is C21H27N3O5S2. The molecule has 0 aliphatic rings. The molecule has 8 nitrogen and oxygen atoms in total. The summed E-state index contributed by atoms with van der Waals surface area (Å²) < 4.78 is 15.6. The molecule has 0 aliphatic carbocycles. The Kier molecular flexibility index (Phi) is 8.23. The minimum atomic E-state index is -0.542. The zero-order valence-corrected chi connectivity index (χ0v) is 20.2. The van der Waals surface area contributed by atoms with E-state index in [1.807, 2.05) is 25.1 Å². The standard InChI is InChI=1S/C21H27N3O5S2/c1-11-16(20(26)29-7)18(31-17(11)19(25)24(3)4)23-21(30)22-12(2)14-10-13(27-5)8-9-15(14)28-6/h8-10,12H,1-7H3,(H2,22,23,30). The molecule has 0 fully saturated rings. The molecule has 1 unspecified atom stereocenters. The van der Waals surface area contributed by atoms with Crippen LogP contribution in [0, 0.1) is 6.92 Å². The number of ether oxygens (including phenoxy) is 3. The van der Waals surface area contributed by atoms with Gasteiger partial charge in [0.1, 0.15) is 16.5 Å². The third-order valence-electron chi connectivity index (χ3n) is 4.61. The number of esters is 1. The van der Waals surface area contributed by atoms with E-state index in [0.29, 0.717) is 26.9 Å². The zero-order chi connectivity index (χ0) is 23.3. The van der Waals surface area contributed by atoms with Crippen molar-refractivity contribution in [2.24, 2.45) is 0 Å². The Labute approximate surface area is 191 Å². The Hall–Kier alpha value is -2.85. The van der Waals surface area contributed by atoms with Crippen molar-refractivity contribution in [1.29, 1.82) is 0 Å². The van der Waals surface area contributed by atoms with Crippen LogP contribution >= 0.6 is 23.6 Å². The summed E-state index contributed by atoms with van der Waals surface area (Å²) in [6.45, 7) is 3.64. The summed E-state index contributed by atoms with van der Waals surface area (Å²) in [4.78, 5) is 26.8. The number of anilines is 1. The van der Waals surface area contributed by atoms with Gasteiger partial charge in [0, 0.05) is 19.7 Å². The molecule has 1 heterocycles. The fraction of sp³-hybridized carbons (Fsp3) is 0.381. The first-order chi connectivity index (χ1) is 14.6. The number of thiophene rings is 1. The van der Waals surface area contributed by atoms with Gasteiger partial charge in [-0.3, -0.25) is 4.79 Å². The topological polar surface area (TPSA) is 89.1 Å². The molecule has 168 valence electrons. The van der Waals surface area contributed by atoms with Crippen LogP contribution in [0.2, 0.25) is 0 Å². The number of methoxy groups -OCH3 is 3. The van der Waals surface area contributed by atoms with Crippen LogP contribution in [-0.4, -0.2) is 57.3 Å². The maximum absolute atomic E-state index is 12.5. The van der Waals surface area contributed by atoms with E-state index in [0.717, 1.165) is 16.9 Å². The van der Waals surface area contributed by atoms with E-state index >= 15 is 0 Å². The average molecular weight is 466 g/mol. The quantitative estimate of drug-likeness (QED) is 0.474. The molecule has 1 amide bonds. The molecule has 1 aromatic heterocycles. The Bertz CT molecular complexity index is 988. The molecule has 2 rings (SSSR count). The fourth-order valence-corrected chi connectivity index (χ4v) is 4.51. The van der Waals surface area contributed by atoms with Crippen molar-refractivity contribution in [2.75, 3.05) is 40.7 Å². The molecule has 10 heteroatoms. The summed E-state index contributed by atoms with van der Waals surface area (Å²) in [6.07, 6.45) is 0. The number of carbonyl (C=O) groups excluding carboxylic acids is 2. The molecule has 2 N–H and O–H groups in total.